The summed E-state index contributed by atoms with van der Waals surface area (Å²) >= 11 is 0. The van der Waals surface area contributed by atoms with E-state index >= 15 is 0 Å². The van der Waals surface area contributed by atoms with Gasteiger partial charge in [-0.2, -0.15) is 0 Å². The van der Waals surface area contributed by atoms with Crippen molar-refractivity contribution in [3.8, 4) is 5.75 Å². The van der Waals surface area contributed by atoms with Gasteiger partial charge in [-0.25, -0.2) is 0 Å². The smallest absolute Gasteiger partial charge is 0.322 e. The molecule has 0 aromatic heterocycles. The van der Waals surface area contributed by atoms with Gasteiger partial charge < -0.3 is 42.7 Å². The fourth-order valence-corrected chi connectivity index (χ4v) is 2.72. The molecule has 4 unspecified atom stereocenters. The van der Waals surface area contributed by atoms with Crippen LogP contribution in [0.1, 0.15) is 25.3 Å². The quantitative estimate of drug-likeness (QED) is 0.148. The number of primary amides is 1. The summed E-state index contributed by atoms with van der Waals surface area (Å²) in [7, 11) is 0. The SMILES string of the molecule is CC(O)C(NC(=O)C(Cc1ccc(O)cc1)NC(=O)C(N)CCC(N)=O)C(=O)NCC(=O)O. The first kappa shape index (κ1) is 27.3. The molecule has 0 heterocycles. The summed E-state index contributed by atoms with van der Waals surface area (Å²) in [5.41, 5.74) is 11.3. The van der Waals surface area contributed by atoms with Crippen LogP contribution in [-0.2, 0) is 30.4 Å². The van der Waals surface area contributed by atoms with Gasteiger partial charge in [-0.15, -0.1) is 0 Å². The summed E-state index contributed by atoms with van der Waals surface area (Å²) in [5.74, 6) is -4.52. The number of aliphatic carboxylic acids is 1. The first-order valence-electron chi connectivity index (χ1n) is 10.0. The van der Waals surface area contributed by atoms with E-state index in [0.717, 1.165) is 0 Å². The fourth-order valence-electron chi connectivity index (χ4n) is 2.72. The number of phenolic OH excluding ortho intramolecular Hbond substituents is 1. The Hall–Kier alpha value is -3.71. The number of aliphatic hydroxyl groups excluding tert-OH is 1. The maximum atomic E-state index is 12.9. The number of carboxylic acids is 1. The van der Waals surface area contributed by atoms with Crippen LogP contribution in [0.2, 0.25) is 0 Å². The van der Waals surface area contributed by atoms with Gasteiger partial charge >= 0.3 is 5.97 Å². The van der Waals surface area contributed by atoms with Crippen LogP contribution >= 0.6 is 0 Å². The molecule has 0 saturated heterocycles. The van der Waals surface area contributed by atoms with Gasteiger partial charge in [0.1, 0.15) is 24.4 Å². The van der Waals surface area contributed by atoms with Gasteiger partial charge in [0.25, 0.3) is 0 Å². The van der Waals surface area contributed by atoms with Crippen LogP contribution in [0.5, 0.6) is 5.75 Å². The molecular formula is C20H29N5O8. The number of benzene rings is 1. The molecule has 13 nitrogen and oxygen atoms in total. The van der Waals surface area contributed by atoms with Crippen molar-refractivity contribution >= 4 is 29.6 Å². The number of phenols is 1. The van der Waals surface area contributed by atoms with Crippen molar-refractivity contribution in [1.29, 1.82) is 0 Å². The molecule has 4 amide bonds. The van der Waals surface area contributed by atoms with Gasteiger partial charge in [0, 0.05) is 12.8 Å². The largest absolute Gasteiger partial charge is 0.508 e. The summed E-state index contributed by atoms with van der Waals surface area (Å²) < 4.78 is 0. The van der Waals surface area contributed by atoms with Gasteiger partial charge in [-0.05, 0) is 31.0 Å². The van der Waals surface area contributed by atoms with E-state index in [-0.39, 0.29) is 25.0 Å². The molecule has 0 spiro atoms. The van der Waals surface area contributed by atoms with Crippen LogP contribution in [-0.4, -0.2) is 75.7 Å². The Bertz CT molecular complexity index is 859. The van der Waals surface area contributed by atoms with E-state index in [1.54, 1.807) is 0 Å². The van der Waals surface area contributed by atoms with E-state index in [2.05, 4.69) is 16.0 Å². The van der Waals surface area contributed by atoms with Crippen molar-refractivity contribution in [3.05, 3.63) is 29.8 Å². The highest BCUT2D eigenvalue weighted by atomic mass is 16.4. The topological polar surface area (TPSA) is 234 Å². The highest BCUT2D eigenvalue weighted by Crippen LogP contribution is 2.12. The molecule has 1 rings (SSSR count). The lowest BCUT2D eigenvalue weighted by atomic mass is 10.0. The molecular weight excluding hydrogens is 438 g/mol. The average molecular weight is 467 g/mol. The summed E-state index contributed by atoms with van der Waals surface area (Å²) in [5, 5.41) is 34.8. The summed E-state index contributed by atoms with van der Waals surface area (Å²) in [4.78, 5) is 59.1. The van der Waals surface area contributed by atoms with E-state index in [0.29, 0.717) is 5.56 Å². The molecule has 0 aliphatic carbocycles. The van der Waals surface area contributed by atoms with Crippen LogP contribution < -0.4 is 27.4 Å². The average Bonchev–Trinajstić information content (AvgIpc) is 2.74. The van der Waals surface area contributed by atoms with Crippen molar-refractivity contribution < 1.29 is 39.3 Å². The number of carbonyl (C=O) groups is 5. The third-order valence-corrected chi connectivity index (χ3v) is 4.52. The second-order valence-corrected chi connectivity index (χ2v) is 7.38. The predicted molar refractivity (Wildman–Crippen MR) is 114 cm³/mol. The van der Waals surface area contributed by atoms with Gasteiger partial charge in [-0.3, -0.25) is 24.0 Å². The highest BCUT2D eigenvalue weighted by Gasteiger charge is 2.31. The van der Waals surface area contributed by atoms with Crippen LogP contribution in [0.4, 0.5) is 0 Å². The van der Waals surface area contributed by atoms with Crippen molar-refractivity contribution in [2.45, 2.75) is 50.4 Å². The predicted octanol–water partition coefficient (Wildman–Crippen LogP) is -2.92. The van der Waals surface area contributed by atoms with Crippen LogP contribution in [0.3, 0.4) is 0 Å². The number of hydrogen-bond acceptors (Lipinski definition) is 8. The van der Waals surface area contributed by atoms with Crippen molar-refractivity contribution in [2.24, 2.45) is 11.5 Å². The molecule has 0 aliphatic rings. The van der Waals surface area contributed by atoms with Crippen LogP contribution in [0.25, 0.3) is 0 Å². The Labute approximate surface area is 189 Å². The monoisotopic (exact) mass is 467 g/mol. The van der Waals surface area contributed by atoms with Gasteiger partial charge in [-0.1, -0.05) is 12.1 Å². The third-order valence-electron chi connectivity index (χ3n) is 4.52. The van der Waals surface area contributed by atoms with Gasteiger partial charge in [0.15, 0.2) is 0 Å². The molecule has 182 valence electrons. The van der Waals surface area contributed by atoms with Crippen molar-refractivity contribution in [3.63, 3.8) is 0 Å². The number of hydrogen-bond donors (Lipinski definition) is 8. The molecule has 0 bridgehead atoms. The number of nitrogens with one attached hydrogen (secondary N) is 3. The molecule has 0 saturated carbocycles. The maximum absolute atomic E-state index is 12.9. The minimum absolute atomic E-state index is 0.0125. The normalized spacial score (nSPS) is 14.3. The molecule has 13 heteroatoms. The lowest BCUT2D eigenvalue weighted by Gasteiger charge is -2.25. The number of carbonyl (C=O) groups excluding carboxylic acids is 4. The second-order valence-electron chi connectivity index (χ2n) is 7.38. The number of amides is 4. The standard InChI is InChI=1S/C20H29N5O8/c1-10(26)17(20(33)23-9-16(29)30)25-19(32)14(8-11-2-4-12(27)5-3-11)24-18(31)13(21)6-7-15(22)28/h2-5,10,13-14,17,26-27H,6-9,21H2,1H3,(H2,22,28)(H,23,33)(H,24,31)(H,25,32)(H,29,30). The minimum atomic E-state index is -1.50. The van der Waals surface area contributed by atoms with E-state index in [1.807, 2.05) is 0 Å². The Kier molecular flexibility index (Phi) is 10.7. The zero-order chi connectivity index (χ0) is 25.1. The van der Waals surface area contributed by atoms with Gasteiger partial charge in [0.05, 0.1) is 12.1 Å². The first-order chi connectivity index (χ1) is 15.4. The minimum Gasteiger partial charge on any atom is -0.508 e. The number of carboxylic acid groups (broad SMARTS) is 1. The molecule has 4 atom stereocenters. The Morgan fingerprint density at radius 2 is 1.61 bits per heavy atom. The first-order valence-corrected chi connectivity index (χ1v) is 10.0. The number of aromatic hydroxyl groups is 1. The molecule has 0 aliphatic heterocycles. The highest BCUT2D eigenvalue weighted by molar-refractivity contribution is 5.94. The maximum Gasteiger partial charge on any atom is 0.322 e. The summed E-state index contributed by atoms with van der Waals surface area (Å²) in [6.45, 7) is 0.499. The van der Waals surface area contributed by atoms with E-state index in [9.17, 15) is 34.2 Å². The van der Waals surface area contributed by atoms with Crippen molar-refractivity contribution in [1.82, 2.24) is 16.0 Å². The Morgan fingerprint density at radius 1 is 1.00 bits per heavy atom. The summed E-state index contributed by atoms with van der Waals surface area (Å²) in [6.07, 6.45) is -1.64. The number of nitrogens with two attached hydrogens (primary N) is 2. The van der Waals surface area contributed by atoms with Crippen molar-refractivity contribution in [2.75, 3.05) is 6.54 Å². The number of aliphatic hydroxyl groups is 1. The zero-order valence-corrected chi connectivity index (χ0v) is 18.0. The van der Waals surface area contributed by atoms with E-state index < -0.39 is 60.4 Å². The molecule has 33 heavy (non-hydrogen) atoms. The number of rotatable bonds is 13. The second kappa shape index (κ2) is 13.0. The third kappa shape index (κ3) is 9.97. The summed E-state index contributed by atoms with van der Waals surface area (Å²) in [6, 6.07) is 1.89. The molecule has 1 aromatic carbocycles. The van der Waals surface area contributed by atoms with Gasteiger partial charge in [0.2, 0.25) is 23.6 Å². The zero-order valence-electron chi connectivity index (χ0n) is 18.0. The lowest BCUT2D eigenvalue weighted by molar-refractivity contribution is -0.139. The van der Waals surface area contributed by atoms with Crippen LogP contribution in [0.15, 0.2) is 24.3 Å². The fraction of sp³-hybridized carbons (Fsp3) is 0.450. The lowest BCUT2D eigenvalue weighted by Crippen LogP contribution is -2.59. The van der Waals surface area contributed by atoms with E-state index in [1.165, 1.54) is 31.2 Å². The molecule has 1 aromatic rings. The Morgan fingerprint density at radius 3 is 2.12 bits per heavy atom. The molecule has 0 radical (unpaired) electrons. The molecule has 10 N–H and O–H groups in total. The Balaban J connectivity index is 3.01. The van der Waals surface area contributed by atoms with Crippen LogP contribution in [0, 0.1) is 0 Å². The van der Waals surface area contributed by atoms with E-state index in [4.69, 9.17) is 16.6 Å². The molecule has 0 fully saturated rings.